The fraction of sp³-hybridized carbons (Fsp3) is 0.300. The predicted molar refractivity (Wildman–Crippen MR) is 105 cm³/mol. The van der Waals surface area contributed by atoms with E-state index in [1.807, 2.05) is 30.3 Å². The van der Waals surface area contributed by atoms with E-state index in [0.717, 1.165) is 31.5 Å². The Hall–Kier alpha value is -3.26. The van der Waals surface area contributed by atoms with Crippen LogP contribution in [0.15, 0.2) is 59.7 Å². The van der Waals surface area contributed by atoms with Gasteiger partial charge in [-0.1, -0.05) is 35.5 Å². The van der Waals surface area contributed by atoms with Crippen LogP contribution in [0, 0.1) is 0 Å². The van der Waals surface area contributed by atoms with Gasteiger partial charge < -0.3 is 15.2 Å². The molecule has 1 saturated heterocycles. The number of aromatic nitrogens is 4. The monoisotopic (exact) mass is 378 g/mol. The molecular weight excluding hydrogens is 356 g/mol. The van der Waals surface area contributed by atoms with Crippen molar-refractivity contribution in [3.63, 3.8) is 0 Å². The van der Waals surface area contributed by atoms with Gasteiger partial charge in [-0.3, -0.25) is 9.59 Å². The summed E-state index contributed by atoms with van der Waals surface area (Å²) in [4.78, 5) is 25.2. The Morgan fingerprint density at radius 2 is 1.93 bits per heavy atom. The Kier molecular flexibility index (Phi) is 5.29. The lowest BCUT2D eigenvalue weighted by Gasteiger charge is -2.22. The van der Waals surface area contributed by atoms with Crippen LogP contribution >= 0.6 is 0 Å². The Labute approximate surface area is 162 Å². The molecule has 0 unspecified atom stereocenters. The number of anilines is 1. The molecule has 8 heteroatoms. The number of carbonyl (C=O) groups is 1. The average Bonchev–Trinajstić information content (AvgIpc) is 3.23. The predicted octanol–water partition coefficient (Wildman–Crippen LogP) is 1.66. The Balaban J connectivity index is 1.48. The molecule has 1 aliphatic rings. The van der Waals surface area contributed by atoms with E-state index < -0.39 is 5.91 Å². The summed E-state index contributed by atoms with van der Waals surface area (Å²) >= 11 is 0. The number of amides is 1. The summed E-state index contributed by atoms with van der Waals surface area (Å²) < 4.78 is 3.31. The van der Waals surface area contributed by atoms with Gasteiger partial charge in [0.25, 0.3) is 11.5 Å². The van der Waals surface area contributed by atoms with Crippen molar-refractivity contribution in [2.75, 3.05) is 18.4 Å². The molecule has 0 bridgehead atoms. The lowest BCUT2D eigenvalue weighted by atomic mass is 10.1. The van der Waals surface area contributed by atoms with E-state index in [-0.39, 0.29) is 23.0 Å². The van der Waals surface area contributed by atoms with E-state index in [1.165, 1.54) is 0 Å². The summed E-state index contributed by atoms with van der Waals surface area (Å²) in [5, 5.41) is 14.0. The van der Waals surface area contributed by atoms with Crippen LogP contribution < -0.4 is 16.2 Å². The zero-order valence-corrected chi connectivity index (χ0v) is 15.4. The molecule has 0 aliphatic carbocycles. The van der Waals surface area contributed by atoms with Crippen LogP contribution in [0.5, 0.6) is 0 Å². The summed E-state index contributed by atoms with van der Waals surface area (Å²) in [6.45, 7) is 2.29. The molecule has 3 heterocycles. The first-order valence-electron chi connectivity index (χ1n) is 9.38. The average molecular weight is 378 g/mol. The summed E-state index contributed by atoms with van der Waals surface area (Å²) in [7, 11) is 0. The number of nitrogens with zero attached hydrogens (tertiary/aromatic N) is 4. The number of carbonyl (C=O) groups excluding carboxylic acids is 1. The molecule has 1 amide bonds. The van der Waals surface area contributed by atoms with Gasteiger partial charge in [-0.25, -0.2) is 4.68 Å². The minimum atomic E-state index is -0.435. The van der Waals surface area contributed by atoms with Crippen LogP contribution in [0.2, 0.25) is 0 Å². The topological polar surface area (TPSA) is 93.8 Å². The van der Waals surface area contributed by atoms with E-state index in [9.17, 15) is 9.59 Å². The van der Waals surface area contributed by atoms with Crippen LogP contribution in [0.3, 0.4) is 0 Å². The Morgan fingerprint density at radius 3 is 2.71 bits per heavy atom. The van der Waals surface area contributed by atoms with Gasteiger partial charge in [-0.15, -0.1) is 5.10 Å². The highest BCUT2D eigenvalue weighted by atomic mass is 16.2. The molecule has 3 aromatic rings. The molecule has 0 spiro atoms. The van der Waals surface area contributed by atoms with Crippen LogP contribution in [-0.4, -0.2) is 38.6 Å². The molecule has 0 atom stereocenters. The molecular formula is C20H22N6O2. The number of pyridine rings is 1. The number of piperidine rings is 1. The van der Waals surface area contributed by atoms with Gasteiger partial charge in [-0.05, 0) is 43.6 Å². The summed E-state index contributed by atoms with van der Waals surface area (Å²) in [6.07, 6.45) is 5.26. The molecule has 1 fully saturated rings. The van der Waals surface area contributed by atoms with Crippen molar-refractivity contribution in [2.24, 2.45) is 0 Å². The van der Waals surface area contributed by atoms with Crippen LogP contribution in [0.25, 0.3) is 0 Å². The van der Waals surface area contributed by atoms with Gasteiger partial charge in [0.2, 0.25) is 0 Å². The van der Waals surface area contributed by atoms with Gasteiger partial charge in [0.15, 0.2) is 5.69 Å². The van der Waals surface area contributed by atoms with E-state index in [1.54, 1.807) is 33.8 Å². The number of hydrogen-bond donors (Lipinski definition) is 2. The third kappa shape index (κ3) is 4.01. The van der Waals surface area contributed by atoms with Crippen molar-refractivity contribution in [1.29, 1.82) is 0 Å². The van der Waals surface area contributed by atoms with E-state index in [2.05, 4.69) is 20.9 Å². The third-order valence-electron chi connectivity index (χ3n) is 4.89. The second-order valence-corrected chi connectivity index (χ2v) is 6.86. The Bertz CT molecular complexity index is 1000. The number of hydrogen-bond acceptors (Lipinski definition) is 5. The first-order chi connectivity index (χ1) is 13.7. The standard InChI is InChI=1S/C20H22N6O2/c27-19(18-14-26(24-23-18)16-8-10-21-11-9-16)22-17-7-4-12-25(20(17)28)13-15-5-2-1-3-6-15/h1-7,12,14,16,21H,8-11,13H2,(H,22,27). The van der Waals surface area contributed by atoms with Gasteiger partial charge in [-0.2, -0.15) is 0 Å². The van der Waals surface area contributed by atoms with Gasteiger partial charge in [0.1, 0.15) is 5.69 Å². The second-order valence-electron chi connectivity index (χ2n) is 6.86. The van der Waals surface area contributed by atoms with Crippen LogP contribution in [0.1, 0.15) is 34.9 Å². The first kappa shape index (κ1) is 18.1. The maximum Gasteiger partial charge on any atom is 0.277 e. The molecule has 1 aliphatic heterocycles. The van der Waals surface area contributed by atoms with E-state index in [0.29, 0.717) is 6.54 Å². The fourth-order valence-electron chi connectivity index (χ4n) is 3.35. The maximum atomic E-state index is 12.7. The summed E-state index contributed by atoms with van der Waals surface area (Å²) in [5.74, 6) is -0.435. The number of nitrogens with one attached hydrogen (secondary N) is 2. The van der Waals surface area contributed by atoms with E-state index >= 15 is 0 Å². The fourth-order valence-corrected chi connectivity index (χ4v) is 3.35. The van der Waals surface area contributed by atoms with Gasteiger partial charge >= 0.3 is 0 Å². The molecule has 0 saturated carbocycles. The molecule has 28 heavy (non-hydrogen) atoms. The van der Waals surface area contributed by atoms with Gasteiger partial charge in [0.05, 0.1) is 18.8 Å². The van der Waals surface area contributed by atoms with Crippen molar-refractivity contribution in [2.45, 2.75) is 25.4 Å². The number of rotatable bonds is 5. The molecule has 2 N–H and O–H groups in total. The highest BCUT2D eigenvalue weighted by molar-refractivity contribution is 6.02. The first-order valence-corrected chi connectivity index (χ1v) is 9.38. The zero-order valence-electron chi connectivity index (χ0n) is 15.4. The van der Waals surface area contributed by atoms with Crippen molar-refractivity contribution in [3.05, 3.63) is 76.5 Å². The minimum absolute atomic E-state index is 0.205. The summed E-state index contributed by atoms with van der Waals surface area (Å²) in [5.41, 5.74) is 1.18. The van der Waals surface area contributed by atoms with Crippen molar-refractivity contribution in [3.8, 4) is 0 Å². The summed E-state index contributed by atoms with van der Waals surface area (Å²) in [6, 6.07) is 13.3. The zero-order chi connectivity index (χ0) is 19.3. The lowest BCUT2D eigenvalue weighted by Crippen LogP contribution is -2.29. The van der Waals surface area contributed by atoms with E-state index in [4.69, 9.17) is 0 Å². The molecule has 1 aromatic carbocycles. The normalized spacial score (nSPS) is 14.7. The van der Waals surface area contributed by atoms with Crippen LogP contribution in [0.4, 0.5) is 5.69 Å². The van der Waals surface area contributed by atoms with Crippen molar-refractivity contribution < 1.29 is 4.79 Å². The largest absolute Gasteiger partial charge is 0.317 e. The third-order valence-corrected chi connectivity index (χ3v) is 4.89. The minimum Gasteiger partial charge on any atom is -0.317 e. The molecule has 0 radical (unpaired) electrons. The highest BCUT2D eigenvalue weighted by Gasteiger charge is 2.19. The smallest absolute Gasteiger partial charge is 0.277 e. The van der Waals surface area contributed by atoms with Crippen molar-refractivity contribution in [1.82, 2.24) is 24.9 Å². The molecule has 4 rings (SSSR count). The quantitative estimate of drug-likeness (QED) is 0.704. The molecule has 8 nitrogen and oxygen atoms in total. The highest BCUT2D eigenvalue weighted by Crippen LogP contribution is 2.17. The van der Waals surface area contributed by atoms with Crippen LogP contribution in [-0.2, 0) is 6.54 Å². The SMILES string of the molecule is O=C(Nc1cccn(Cc2ccccc2)c1=O)c1cn(C2CCNCC2)nn1. The second kappa shape index (κ2) is 8.18. The van der Waals surface area contributed by atoms with Gasteiger partial charge in [0, 0.05) is 6.20 Å². The number of benzene rings is 1. The Morgan fingerprint density at radius 1 is 1.14 bits per heavy atom. The maximum absolute atomic E-state index is 12.7. The molecule has 2 aromatic heterocycles. The lowest BCUT2D eigenvalue weighted by molar-refractivity contribution is 0.102. The molecule has 144 valence electrons. The van der Waals surface area contributed by atoms with Crippen molar-refractivity contribution >= 4 is 11.6 Å².